The van der Waals surface area contributed by atoms with Crippen LogP contribution >= 0.6 is 0 Å². The molecule has 162 valence electrons. The molecule has 0 spiro atoms. The molecule has 2 aromatic heterocycles. The van der Waals surface area contributed by atoms with Gasteiger partial charge in [-0.3, -0.25) is 0 Å². The van der Waals surface area contributed by atoms with Gasteiger partial charge in [0.1, 0.15) is 30.7 Å². The van der Waals surface area contributed by atoms with Crippen molar-refractivity contribution in [1.29, 1.82) is 0 Å². The highest BCUT2D eigenvalue weighted by molar-refractivity contribution is 7.89. The van der Waals surface area contributed by atoms with Gasteiger partial charge in [0.15, 0.2) is 11.5 Å². The van der Waals surface area contributed by atoms with E-state index in [4.69, 9.17) is 9.47 Å². The molecule has 2 aliphatic heterocycles. The van der Waals surface area contributed by atoms with Crippen LogP contribution in [0.5, 0.6) is 11.5 Å². The highest BCUT2D eigenvalue weighted by Gasteiger charge is 2.30. The molecule has 1 saturated heterocycles. The van der Waals surface area contributed by atoms with Gasteiger partial charge in [-0.25, -0.2) is 18.4 Å². The molecule has 1 fully saturated rings. The van der Waals surface area contributed by atoms with Crippen LogP contribution < -0.4 is 14.4 Å². The first kappa shape index (κ1) is 19.8. The molecule has 5 rings (SSSR count). The molecule has 9 nitrogen and oxygen atoms in total. The Morgan fingerprint density at radius 3 is 2.29 bits per heavy atom. The molecule has 0 amide bonds. The Balaban J connectivity index is 1.32. The number of piperazine rings is 1. The van der Waals surface area contributed by atoms with E-state index >= 15 is 0 Å². The minimum Gasteiger partial charge on any atom is -0.486 e. The number of fused-ring (bicyclic) bond motifs is 1. The Morgan fingerprint density at radius 2 is 1.55 bits per heavy atom. The van der Waals surface area contributed by atoms with Gasteiger partial charge in [0.2, 0.25) is 10.0 Å². The Bertz CT molecular complexity index is 1190. The summed E-state index contributed by atoms with van der Waals surface area (Å²) in [5.41, 5.74) is 0. The summed E-state index contributed by atoms with van der Waals surface area (Å²) in [5, 5.41) is 0. The second-order valence-electron chi connectivity index (χ2n) is 7.42. The standard InChI is InChI=1S/C21H23N5O4S/c1-16-22-20(24-6-2-3-7-24)15-21(23-16)25-8-10-26(11-9-25)31(27,28)17-4-5-18-19(14-17)30-13-12-29-18/h2-7,14-15H,8-13H2,1H3. The number of sulfonamides is 1. The Hall–Kier alpha value is -3.11. The van der Waals surface area contributed by atoms with E-state index in [1.165, 1.54) is 4.31 Å². The van der Waals surface area contributed by atoms with E-state index in [-0.39, 0.29) is 4.90 Å². The van der Waals surface area contributed by atoms with Crippen molar-refractivity contribution in [2.24, 2.45) is 0 Å². The summed E-state index contributed by atoms with van der Waals surface area (Å²) < 4.78 is 40.8. The van der Waals surface area contributed by atoms with Crippen molar-refractivity contribution >= 4 is 15.8 Å². The topological polar surface area (TPSA) is 89.8 Å². The van der Waals surface area contributed by atoms with Crippen LogP contribution in [-0.2, 0) is 10.0 Å². The summed E-state index contributed by atoms with van der Waals surface area (Å²) in [5.74, 6) is 3.31. The third kappa shape index (κ3) is 3.84. The van der Waals surface area contributed by atoms with Gasteiger partial charge in [-0.15, -0.1) is 0 Å². The van der Waals surface area contributed by atoms with E-state index in [2.05, 4.69) is 14.9 Å². The molecule has 3 aromatic rings. The molecule has 0 aliphatic carbocycles. The number of aryl methyl sites for hydroxylation is 1. The second kappa shape index (κ2) is 7.86. The van der Waals surface area contributed by atoms with E-state index in [1.807, 2.05) is 42.1 Å². The number of anilines is 1. The number of rotatable bonds is 4. The van der Waals surface area contributed by atoms with Crippen LogP contribution in [0.3, 0.4) is 0 Å². The highest BCUT2D eigenvalue weighted by Crippen LogP contribution is 2.33. The molecule has 1 aromatic carbocycles. The Kier molecular flexibility index (Phi) is 5.03. The fourth-order valence-corrected chi connectivity index (χ4v) is 5.25. The third-order valence-electron chi connectivity index (χ3n) is 5.39. The summed E-state index contributed by atoms with van der Waals surface area (Å²) in [7, 11) is -3.62. The zero-order chi connectivity index (χ0) is 21.4. The molecule has 0 bridgehead atoms. The summed E-state index contributed by atoms with van der Waals surface area (Å²) in [6.07, 6.45) is 3.87. The van der Waals surface area contributed by atoms with Gasteiger partial charge in [0.05, 0.1) is 4.90 Å². The normalized spacial score (nSPS) is 17.0. The van der Waals surface area contributed by atoms with Gasteiger partial charge in [-0.1, -0.05) is 0 Å². The molecule has 0 saturated carbocycles. The number of nitrogens with zero attached hydrogens (tertiary/aromatic N) is 5. The maximum Gasteiger partial charge on any atom is 0.243 e. The largest absolute Gasteiger partial charge is 0.486 e. The van der Waals surface area contributed by atoms with Crippen molar-refractivity contribution in [3.63, 3.8) is 0 Å². The monoisotopic (exact) mass is 441 g/mol. The minimum absolute atomic E-state index is 0.220. The SMILES string of the molecule is Cc1nc(N2CCN(S(=O)(=O)c3ccc4c(c3)OCCO4)CC2)cc(-n2cccc2)n1. The second-order valence-corrected chi connectivity index (χ2v) is 9.36. The van der Waals surface area contributed by atoms with Crippen LogP contribution in [0.2, 0.25) is 0 Å². The lowest BCUT2D eigenvalue weighted by atomic mass is 10.3. The molecule has 0 N–H and O–H groups in total. The van der Waals surface area contributed by atoms with Gasteiger partial charge in [-0.2, -0.15) is 4.31 Å². The zero-order valence-corrected chi connectivity index (χ0v) is 18.0. The van der Waals surface area contributed by atoms with Gasteiger partial charge >= 0.3 is 0 Å². The van der Waals surface area contributed by atoms with Crippen LogP contribution in [0.1, 0.15) is 5.82 Å². The predicted molar refractivity (Wildman–Crippen MR) is 114 cm³/mol. The van der Waals surface area contributed by atoms with Crippen LogP contribution in [0.25, 0.3) is 5.82 Å². The number of hydrogen-bond acceptors (Lipinski definition) is 7. The van der Waals surface area contributed by atoms with Crippen molar-refractivity contribution in [3.05, 3.63) is 54.6 Å². The average molecular weight is 442 g/mol. The first-order valence-electron chi connectivity index (χ1n) is 10.1. The predicted octanol–water partition coefficient (Wildman–Crippen LogP) is 1.86. The maximum absolute atomic E-state index is 13.2. The molecule has 0 atom stereocenters. The molecule has 0 radical (unpaired) electrons. The quantitative estimate of drug-likeness (QED) is 0.610. The van der Waals surface area contributed by atoms with Crippen molar-refractivity contribution in [2.75, 3.05) is 44.3 Å². The summed E-state index contributed by atoms with van der Waals surface area (Å²) in [6, 6.07) is 10.6. The lowest BCUT2D eigenvalue weighted by molar-refractivity contribution is 0.171. The maximum atomic E-state index is 13.2. The third-order valence-corrected chi connectivity index (χ3v) is 7.29. The number of benzene rings is 1. The molecule has 2 aliphatic rings. The fraction of sp³-hybridized carbons (Fsp3) is 0.333. The Morgan fingerprint density at radius 1 is 0.871 bits per heavy atom. The summed E-state index contributed by atoms with van der Waals surface area (Å²) >= 11 is 0. The van der Waals surface area contributed by atoms with Crippen LogP contribution in [0.15, 0.2) is 53.7 Å². The fourth-order valence-electron chi connectivity index (χ4n) is 3.81. The van der Waals surface area contributed by atoms with Gasteiger partial charge in [0, 0.05) is 50.7 Å². The van der Waals surface area contributed by atoms with Crippen LogP contribution in [-0.4, -0.2) is 66.7 Å². The van der Waals surface area contributed by atoms with Crippen molar-refractivity contribution in [1.82, 2.24) is 18.8 Å². The average Bonchev–Trinajstić information content (AvgIpc) is 3.33. The highest BCUT2D eigenvalue weighted by atomic mass is 32.2. The molecular formula is C21H23N5O4S. The van der Waals surface area contributed by atoms with Crippen molar-refractivity contribution < 1.29 is 17.9 Å². The molecular weight excluding hydrogens is 418 g/mol. The van der Waals surface area contributed by atoms with E-state index in [1.54, 1.807) is 18.2 Å². The van der Waals surface area contributed by atoms with E-state index in [9.17, 15) is 8.42 Å². The zero-order valence-electron chi connectivity index (χ0n) is 17.1. The summed E-state index contributed by atoms with van der Waals surface area (Å²) in [6.45, 7) is 4.58. The van der Waals surface area contributed by atoms with Crippen LogP contribution in [0, 0.1) is 6.92 Å². The van der Waals surface area contributed by atoms with E-state index in [0.29, 0.717) is 56.7 Å². The lowest BCUT2D eigenvalue weighted by Crippen LogP contribution is -2.49. The Labute approximate surface area is 180 Å². The van der Waals surface area contributed by atoms with Crippen molar-refractivity contribution in [3.8, 4) is 17.3 Å². The van der Waals surface area contributed by atoms with E-state index in [0.717, 1.165) is 11.6 Å². The van der Waals surface area contributed by atoms with Crippen molar-refractivity contribution in [2.45, 2.75) is 11.8 Å². The molecule has 4 heterocycles. The smallest absolute Gasteiger partial charge is 0.243 e. The first-order chi connectivity index (χ1) is 15.0. The number of hydrogen-bond donors (Lipinski definition) is 0. The summed E-state index contributed by atoms with van der Waals surface area (Å²) in [4.78, 5) is 11.4. The van der Waals surface area contributed by atoms with E-state index < -0.39 is 10.0 Å². The van der Waals surface area contributed by atoms with Crippen LogP contribution in [0.4, 0.5) is 5.82 Å². The van der Waals surface area contributed by atoms with Gasteiger partial charge in [-0.05, 0) is 31.2 Å². The first-order valence-corrected chi connectivity index (χ1v) is 11.6. The van der Waals surface area contributed by atoms with Gasteiger partial charge in [0.25, 0.3) is 0 Å². The number of aromatic nitrogens is 3. The molecule has 10 heteroatoms. The van der Waals surface area contributed by atoms with Gasteiger partial charge < -0.3 is 18.9 Å². The minimum atomic E-state index is -3.62. The molecule has 31 heavy (non-hydrogen) atoms. The molecule has 0 unspecified atom stereocenters. The number of ether oxygens (including phenoxy) is 2. The lowest BCUT2D eigenvalue weighted by Gasteiger charge is -2.35.